The first-order valence-corrected chi connectivity index (χ1v) is 10.5. The van der Waals surface area contributed by atoms with Crippen LogP contribution in [-0.2, 0) is 0 Å². The van der Waals surface area contributed by atoms with E-state index in [1.165, 1.54) is 11.2 Å². The molecule has 2 aromatic carbocycles. The van der Waals surface area contributed by atoms with E-state index in [0.29, 0.717) is 30.8 Å². The number of rotatable bonds is 8. The second-order valence-corrected chi connectivity index (χ2v) is 8.10. The van der Waals surface area contributed by atoms with Gasteiger partial charge < -0.3 is 9.80 Å². The summed E-state index contributed by atoms with van der Waals surface area (Å²) in [7, 11) is 4.02. The summed E-state index contributed by atoms with van der Waals surface area (Å²) in [6.45, 7) is 2.76. The number of hydrazone groups is 1. The minimum atomic E-state index is -0.259. The summed E-state index contributed by atoms with van der Waals surface area (Å²) in [6.07, 6.45) is 2.41. The Morgan fingerprint density at radius 1 is 1.13 bits per heavy atom. The van der Waals surface area contributed by atoms with Gasteiger partial charge in [0.2, 0.25) is 0 Å². The normalized spacial score (nSPS) is 14.4. The van der Waals surface area contributed by atoms with E-state index >= 15 is 0 Å². The van der Waals surface area contributed by atoms with Crippen LogP contribution in [0.15, 0.2) is 47.6 Å². The van der Waals surface area contributed by atoms with Crippen molar-refractivity contribution in [3.05, 3.63) is 69.2 Å². The second-order valence-electron chi connectivity index (χ2n) is 7.31. The van der Waals surface area contributed by atoms with Crippen molar-refractivity contribution in [1.29, 1.82) is 0 Å². The third kappa shape index (κ3) is 5.19. The molecular formula is C22H24Cl2N4O2. The van der Waals surface area contributed by atoms with Crippen LogP contribution in [0.2, 0.25) is 10.0 Å². The molecule has 8 heteroatoms. The number of hydrogen-bond donors (Lipinski definition) is 0. The number of nitrogens with zero attached hydrogens (tertiary/aromatic N) is 4. The van der Waals surface area contributed by atoms with Crippen LogP contribution >= 0.6 is 23.2 Å². The molecule has 30 heavy (non-hydrogen) atoms. The number of benzene rings is 2. The molecular weight excluding hydrogens is 423 g/mol. The lowest BCUT2D eigenvalue weighted by Crippen LogP contribution is -2.31. The van der Waals surface area contributed by atoms with E-state index in [1.54, 1.807) is 41.3 Å². The highest BCUT2D eigenvalue weighted by atomic mass is 35.5. The summed E-state index contributed by atoms with van der Waals surface area (Å²) in [5, 5.41) is 6.21. The number of carbonyl (C=O) groups is 2. The van der Waals surface area contributed by atoms with Gasteiger partial charge in [0, 0.05) is 24.2 Å². The van der Waals surface area contributed by atoms with Crippen LogP contribution in [0, 0.1) is 0 Å². The smallest absolute Gasteiger partial charge is 0.321 e. The number of urea groups is 1. The molecule has 0 aromatic heterocycles. The van der Waals surface area contributed by atoms with Gasteiger partial charge in [0.25, 0.3) is 0 Å². The monoisotopic (exact) mass is 446 g/mol. The fourth-order valence-electron chi connectivity index (χ4n) is 3.20. The lowest BCUT2D eigenvalue weighted by Gasteiger charge is -2.17. The van der Waals surface area contributed by atoms with E-state index in [9.17, 15) is 9.59 Å². The zero-order valence-electron chi connectivity index (χ0n) is 17.0. The summed E-state index contributed by atoms with van der Waals surface area (Å²) >= 11 is 12.8. The molecule has 0 radical (unpaired) electrons. The van der Waals surface area contributed by atoms with Crippen LogP contribution in [-0.4, -0.2) is 73.1 Å². The molecule has 0 bridgehead atoms. The van der Waals surface area contributed by atoms with Crippen molar-refractivity contribution in [2.24, 2.45) is 5.10 Å². The highest BCUT2D eigenvalue weighted by molar-refractivity contribution is 6.42. The van der Waals surface area contributed by atoms with Gasteiger partial charge in [0.05, 0.1) is 28.4 Å². The van der Waals surface area contributed by atoms with E-state index in [-0.39, 0.29) is 27.4 Å². The van der Waals surface area contributed by atoms with Crippen molar-refractivity contribution < 1.29 is 9.59 Å². The molecule has 158 valence electrons. The van der Waals surface area contributed by atoms with E-state index < -0.39 is 0 Å². The third-order valence-electron chi connectivity index (χ3n) is 4.83. The molecule has 6 nitrogen and oxygen atoms in total. The average molecular weight is 447 g/mol. The Hall–Kier alpha value is -2.41. The molecule has 1 fully saturated rings. The average Bonchev–Trinajstić information content (AvgIpc) is 3.07. The molecule has 0 saturated carbocycles. The van der Waals surface area contributed by atoms with Crippen LogP contribution in [0.3, 0.4) is 0 Å². The summed E-state index contributed by atoms with van der Waals surface area (Å²) < 4.78 is 0. The lowest BCUT2D eigenvalue weighted by atomic mass is 10.0. The molecule has 1 heterocycles. The summed E-state index contributed by atoms with van der Waals surface area (Å²) in [5.41, 5.74) is 1.25. The van der Waals surface area contributed by atoms with Gasteiger partial charge in [-0.2, -0.15) is 5.10 Å². The summed E-state index contributed by atoms with van der Waals surface area (Å²) in [4.78, 5) is 29.3. The van der Waals surface area contributed by atoms with Gasteiger partial charge >= 0.3 is 6.03 Å². The highest BCUT2D eigenvalue weighted by Gasteiger charge is 2.27. The molecule has 0 N–H and O–H groups in total. The molecule has 1 aliphatic rings. The van der Waals surface area contributed by atoms with Gasteiger partial charge in [0.1, 0.15) is 0 Å². The maximum atomic E-state index is 12.9. The van der Waals surface area contributed by atoms with Gasteiger partial charge in [-0.25, -0.2) is 9.80 Å². The number of amides is 2. The molecule has 0 spiro atoms. The van der Waals surface area contributed by atoms with E-state index in [2.05, 4.69) is 10.0 Å². The number of halogens is 2. The Morgan fingerprint density at radius 3 is 2.57 bits per heavy atom. The maximum Gasteiger partial charge on any atom is 0.340 e. The summed E-state index contributed by atoms with van der Waals surface area (Å²) in [5.74, 6) is -0.259. The highest BCUT2D eigenvalue weighted by Crippen LogP contribution is 2.30. The maximum absolute atomic E-state index is 12.9. The Kier molecular flexibility index (Phi) is 7.48. The first-order chi connectivity index (χ1) is 14.4. The van der Waals surface area contributed by atoms with Crippen LogP contribution in [0.1, 0.15) is 27.9 Å². The van der Waals surface area contributed by atoms with Crippen molar-refractivity contribution in [2.45, 2.75) is 6.42 Å². The third-order valence-corrected chi connectivity index (χ3v) is 5.55. The quantitative estimate of drug-likeness (QED) is 0.449. The largest absolute Gasteiger partial charge is 0.340 e. The molecule has 2 amide bonds. The van der Waals surface area contributed by atoms with E-state index in [4.69, 9.17) is 23.2 Å². The molecule has 0 unspecified atom stereocenters. The van der Waals surface area contributed by atoms with Gasteiger partial charge in [-0.15, -0.1) is 0 Å². The first-order valence-electron chi connectivity index (χ1n) is 9.71. The van der Waals surface area contributed by atoms with Crippen LogP contribution in [0.25, 0.3) is 0 Å². The van der Waals surface area contributed by atoms with Crippen molar-refractivity contribution in [2.75, 3.05) is 40.3 Å². The van der Waals surface area contributed by atoms with Crippen LogP contribution in [0.4, 0.5) is 4.79 Å². The van der Waals surface area contributed by atoms with Gasteiger partial charge in [-0.05, 0) is 33.1 Å². The fourth-order valence-corrected chi connectivity index (χ4v) is 3.80. The SMILES string of the molecule is CN(C)CCCN1CCN(/N=C/c2ccc(Cl)c(C(=O)c3ccccc3)c2Cl)C1=O. The van der Waals surface area contributed by atoms with E-state index in [0.717, 1.165) is 13.0 Å². The van der Waals surface area contributed by atoms with Gasteiger partial charge in [-0.1, -0.05) is 59.6 Å². The Balaban J connectivity index is 1.74. The summed E-state index contributed by atoms with van der Waals surface area (Å²) in [6, 6.07) is 12.0. The Labute approximate surface area is 186 Å². The molecule has 1 aliphatic heterocycles. The number of carbonyl (C=O) groups excluding carboxylic acids is 2. The molecule has 0 aliphatic carbocycles. The van der Waals surface area contributed by atoms with Crippen molar-refractivity contribution >= 4 is 41.2 Å². The van der Waals surface area contributed by atoms with Gasteiger partial charge in [-0.3, -0.25) is 4.79 Å². The van der Waals surface area contributed by atoms with Crippen LogP contribution in [0.5, 0.6) is 0 Å². The first kappa shape index (κ1) is 22.3. The second kappa shape index (κ2) is 10.1. The predicted molar refractivity (Wildman–Crippen MR) is 121 cm³/mol. The fraction of sp³-hybridized carbons (Fsp3) is 0.318. The van der Waals surface area contributed by atoms with Crippen molar-refractivity contribution in [1.82, 2.24) is 14.8 Å². The molecule has 2 aromatic rings. The minimum absolute atomic E-state index is 0.129. The van der Waals surface area contributed by atoms with Crippen molar-refractivity contribution in [3.63, 3.8) is 0 Å². The van der Waals surface area contributed by atoms with Crippen LogP contribution < -0.4 is 0 Å². The topological polar surface area (TPSA) is 56.2 Å². The molecule has 0 atom stereocenters. The Morgan fingerprint density at radius 2 is 1.87 bits per heavy atom. The Bertz CT molecular complexity index is 948. The standard InChI is InChI=1S/C22H24Cl2N4O2/c1-26(2)11-6-12-27-13-14-28(22(27)30)25-15-17-9-10-18(23)19(20(17)24)21(29)16-7-4-3-5-8-16/h3-5,7-10,15H,6,11-14H2,1-2H3/b25-15+. The van der Waals surface area contributed by atoms with Crippen molar-refractivity contribution in [3.8, 4) is 0 Å². The zero-order valence-corrected chi connectivity index (χ0v) is 18.5. The predicted octanol–water partition coefficient (Wildman–Crippen LogP) is 4.25. The number of ketones is 1. The lowest BCUT2D eigenvalue weighted by molar-refractivity contribution is 0.103. The zero-order chi connectivity index (χ0) is 21.7. The minimum Gasteiger partial charge on any atom is -0.321 e. The molecule has 1 saturated heterocycles. The number of hydrogen-bond acceptors (Lipinski definition) is 4. The van der Waals surface area contributed by atoms with E-state index in [1.807, 2.05) is 20.2 Å². The molecule has 3 rings (SSSR count). The van der Waals surface area contributed by atoms with Gasteiger partial charge in [0.15, 0.2) is 5.78 Å².